The molecule has 16 heavy (non-hydrogen) atoms. The number of nitrogen functional groups attached to an aromatic ring is 1. The van der Waals surface area contributed by atoms with Crippen LogP contribution in [-0.4, -0.2) is 19.1 Å². The maximum absolute atomic E-state index is 11.5. The van der Waals surface area contributed by atoms with E-state index in [2.05, 4.69) is 10.1 Å². The van der Waals surface area contributed by atoms with Crippen LogP contribution in [0, 0.1) is 6.92 Å². The number of hydrogen-bond acceptors (Lipinski definition) is 4. The van der Waals surface area contributed by atoms with Crippen molar-refractivity contribution >= 4 is 17.3 Å². The zero-order valence-electron chi connectivity index (χ0n) is 10.1. The molecule has 88 valence electrons. The Kier molecular flexibility index (Phi) is 3.77. The first-order chi connectivity index (χ1) is 7.45. The van der Waals surface area contributed by atoms with Gasteiger partial charge in [0.05, 0.1) is 12.7 Å². The molecule has 0 aromatic heterocycles. The zero-order chi connectivity index (χ0) is 12.3. The number of anilines is 2. The van der Waals surface area contributed by atoms with E-state index in [1.807, 2.05) is 26.8 Å². The fourth-order valence-electron chi connectivity index (χ4n) is 1.49. The van der Waals surface area contributed by atoms with Gasteiger partial charge in [0.2, 0.25) is 0 Å². The highest BCUT2D eigenvalue weighted by atomic mass is 16.5. The number of carbonyl (C=O) groups excluding carboxylic acids is 1. The summed E-state index contributed by atoms with van der Waals surface area (Å²) in [5, 5.41) is 3.23. The van der Waals surface area contributed by atoms with Crippen molar-refractivity contribution < 1.29 is 9.53 Å². The molecule has 0 bridgehead atoms. The van der Waals surface area contributed by atoms with Crippen molar-refractivity contribution in [2.24, 2.45) is 0 Å². The van der Waals surface area contributed by atoms with Gasteiger partial charge in [-0.1, -0.05) is 0 Å². The second-order valence-electron chi connectivity index (χ2n) is 4.04. The summed E-state index contributed by atoms with van der Waals surface area (Å²) in [7, 11) is 1.35. The molecule has 0 aliphatic rings. The highest BCUT2D eigenvalue weighted by Gasteiger charge is 2.13. The van der Waals surface area contributed by atoms with Crippen LogP contribution in [0.2, 0.25) is 0 Å². The predicted octanol–water partition coefficient (Wildman–Crippen LogP) is 2.18. The van der Waals surface area contributed by atoms with Gasteiger partial charge in [-0.3, -0.25) is 0 Å². The van der Waals surface area contributed by atoms with Crippen LogP contribution in [0.3, 0.4) is 0 Å². The molecule has 0 atom stereocenters. The van der Waals surface area contributed by atoms with E-state index in [4.69, 9.17) is 5.73 Å². The van der Waals surface area contributed by atoms with Gasteiger partial charge in [0.1, 0.15) is 0 Å². The summed E-state index contributed by atoms with van der Waals surface area (Å²) in [6.07, 6.45) is 0. The van der Waals surface area contributed by atoms with Gasteiger partial charge in [-0.15, -0.1) is 0 Å². The van der Waals surface area contributed by atoms with E-state index >= 15 is 0 Å². The molecular formula is C12H18N2O2. The number of nitrogens with one attached hydrogen (secondary N) is 1. The Morgan fingerprint density at radius 2 is 2.06 bits per heavy atom. The third-order valence-electron chi connectivity index (χ3n) is 2.25. The van der Waals surface area contributed by atoms with Crippen LogP contribution in [0.15, 0.2) is 12.1 Å². The average molecular weight is 222 g/mol. The SMILES string of the molecule is COC(=O)c1cc(NC(C)C)cc(C)c1N. The van der Waals surface area contributed by atoms with E-state index in [0.717, 1.165) is 11.3 Å². The number of nitrogens with two attached hydrogens (primary N) is 1. The third kappa shape index (κ3) is 2.66. The van der Waals surface area contributed by atoms with E-state index in [9.17, 15) is 4.79 Å². The normalized spacial score (nSPS) is 10.3. The van der Waals surface area contributed by atoms with E-state index in [-0.39, 0.29) is 0 Å². The first-order valence-electron chi connectivity index (χ1n) is 5.20. The van der Waals surface area contributed by atoms with Crippen molar-refractivity contribution in [2.45, 2.75) is 26.8 Å². The molecule has 0 fully saturated rings. The second-order valence-corrected chi connectivity index (χ2v) is 4.04. The van der Waals surface area contributed by atoms with Crippen molar-refractivity contribution in [1.82, 2.24) is 0 Å². The topological polar surface area (TPSA) is 64.3 Å². The summed E-state index contributed by atoms with van der Waals surface area (Å²) in [5.41, 5.74) is 8.46. The summed E-state index contributed by atoms with van der Waals surface area (Å²) in [6, 6.07) is 3.93. The molecule has 0 unspecified atom stereocenters. The van der Waals surface area contributed by atoms with Crippen molar-refractivity contribution in [2.75, 3.05) is 18.2 Å². The van der Waals surface area contributed by atoms with Gasteiger partial charge in [0, 0.05) is 17.4 Å². The van der Waals surface area contributed by atoms with E-state index in [1.54, 1.807) is 6.07 Å². The molecule has 4 heteroatoms. The monoisotopic (exact) mass is 222 g/mol. The van der Waals surface area contributed by atoms with Gasteiger partial charge < -0.3 is 15.8 Å². The largest absolute Gasteiger partial charge is 0.465 e. The smallest absolute Gasteiger partial charge is 0.340 e. The Bertz CT molecular complexity index is 400. The Hall–Kier alpha value is -1.71. The van der Waals surface area contributed by atoms with E-state index in [0.29, 0.717) is 17.3 Å². The molecule has 1 aromatic rings. The van der Waals surface area contributed by atoms with Gasteiger partial charge in [-0.2, -0.15) is 0 Å². The van der Waals surface area contributed by atoms with Crippen molar-refractivity contribution in [3.05, 3.63) is 23.3 Å². The quantitative estimate of drug-likeness (QED) is 0.607. The Morgan fingerprint density at radius 1 is 1.44 bits per heavy atom. The molecule has 0 spiro atoms. The zero-order valence-corrected chi connectivity index (χ0v) is 10.1. The minimum absolute atomic E-state index is 0.300. The summed E-state index contributed by atoms with van der Waals surface area (Å²) < 4.78 is 4.69. The van der Waals surface area contributed by atoms with Crippen LogP contribution >= 0.6 is 0 Å². The number of hydrogen-bond donors (Lipinski definition) is 2. The van der Waals surface area contributed by atoms with Crippen molar-refractivity contribution in [3.8, 4) is 0 Å². The lowest BCUT2D eigenvalue weighted by atomic mass is 10.1. The molecule has 0 aliphatic carbocycles. The fourth-order valence-corrected chi connectivity index (χ4v) is 1.49. The summed E-state index contributed by atoms with van der Waals surface area (Å²) in [6.45, 7) is 5.93. The molecule has 0 saturated carbocycles. The number of carbonyl (C=O) groups is 1. The number of ether oxygens (including phenoxy) is 1. The van der Waals surface area contributed by atoms with Gasteiger partial charge in [0.15, 0.2) is 0 Å². The number of methoxy groups -OCH3 is 1. The second kappa shape index (κ2) is 4.88. The van der Waals surface area contributed by atoms with Gasteiger partial charge in [-0.25, -0.2) is 4.79 Å². The van der Waals surface area contributed by atoms with Crippen LogP contribution in [0.5, 0.6) is 0 Å². The maximum Gasteiger partial charge on any atom is 0.340 e. The molecule has 0 amide bonds. The van der Waals surface area contributed by atoms with Crippen LogP contribution in [0.1, 0.15) is 29.8 Å². The van der Waals surface area contributed by atoms with Gasteiger partial charge in [0.25, 0.3) is 0 Å². The van der Waals surface area contributed by atoms with Gasteiger partial charge in [-0.05, 0) is 38.5 Å². The molecule has 1 aromatic carbocycles. The number of esters is 1. The lowest BCUT2D eigenvalue weighted by molar-refractivity contribution is 0.0602. The predicted molar refractivity (Wildman–Crippen MR) is 65.7 cm³/mol. The molecule has 0 radical (unpaired) electrons. The maximum atomic E-state index is 11.5. The van der Waals surface area contributed by atoms with Crippen LogP contribution in [0.4, 0.5) is 11.4 Å². The first-order valence-corrected chi connectivity index (χ1v) is 5.20. The fraction of sp³-hybridized carbons (Fsp3) is 0.417. The average Bonchev–Trinajstić information content (AvgIpc) is 2.21. The van der Waals surface area contributed by atoms with E-state index < -0.39 is 5.97 Å². The molecule has 0 saturated heterocycles. The van der Waals surface area contributed by atoms with Crippen LogP contribution in [0.25, 0.3) is 0 Å². The third-order valence-corrected chi connectivity index (χ3v) is 2.25. The lowest BCUT2D eigenvalue weighted by Gasteiger charge is -2.14. The van der Waals surface area contributed by atoms with Crippen LogP contribution < -0.4 is 11.1 Å². The molecule has 3 N–H and O–H groups in total. The van der Waals surface area contributed by atoms with Crippen molar-refractivity contribution in [3.63, 3.8) is 0 Å². The van der Waals surface area contributed by atoms with E-state index in [1.165, 1.54) is 7.11 Å². The minimum Gasteiger partial charge on any atom is -0.465 e. The van der Waals surface area contributed by atoms with Crippen molar-refractivity contribution in [1.29, 1.82) is 0 Å². The Labute approximate surface area is 95.8 Å². The standard InChI is InChI=1S/C12H18N2O2/c1-7(2)14-9-5-8(3)11(13)10(6-9)12(15)16-4/h5-7,14H,13H2,1-4H3. The van der Waals surface area contributed by atoms with Crippen LogP contribution in [-0.2, 0) is 4.74 Å². The first kappa shape index (κ1) is 12.4. The molecule has 4 nitrogen and oxygen atoms in total. The Balaban J connectivity index is 3.16. The summed E-state index contributed by atoms with van der Waals surface area (Å²) in [4.78, 5) is 11.5. The number of rotatable bonds is 3. The molecule has 0 aliphatic heterocycles. The molecule has 1 rings (SSSR count). The summed E-state index contributed by atoms with van der Waals surface area (Å²) >= 11 is 0. The lowest BCUT2D eigenvalue weighted by Crippen LogP contribution is -2.13. The molecule has 0 heterocycles. The Morgan fingerprint density at radius 3 is 2.56 bits per heavy atom. The highest BCUT2D eigenvalue weighted by molar-refractivity contribution is 5.97. The van der Waals surface area contributed by atoms with Gasteiger partial charge >= 0.3 is 5.97 Å². The summed E-state index contributed by atoms with van der Waals surface area (Å²) in [5.74, 6) is -0.409. The minimum atomic E-state index is -0.409. The number of benzene rings is 1. The number of aryl methyl sites for hydroxylation is 1. The molecular weight excluding hydrogens is 204 g/mol. The highest BCUT2D eigenvalue weighted by Crippen LogP contribution is 2.23.